The van der Waals surface area contributed by atoms with Gasteiger partial charge in [0.2, 0.25) is 5.82 Å². The normalized spacial score (nSPS) is 16.2. The maximum absolute atomic E-state index is 11.8. The SMILES string of the molecule is CN(C)C(=O)N1CCC(n2ncc([N+](=O)[O-])c2N)CC1. The van der Waals surface area contributed by atoms with E-state index in [1.165, 1.54) is 15.8 Å². The summed E-state index contributed by atoms with van der Waals surface area (Å²) in [5.74, 6) is 0.0763. The van der Waals surface area contributed by atoms with Crippen molar-refractivity contribution in [2.24, 2.45) is 0 Å². The number of carbonyl (C=O) groups is 1. The van der Waals surface area contributed by atoms with Gasteiger partial charge in [0.1, 0.15) is 6.20 Å². The molecular weight excluding hydrogens is 264 g/mol. The zero-order chi connectivity index (χ0) is 14.9. The average Bonchev–Trinajstić information content (AvgIpc) is 2.80. The number of nitrogens with two attached hydrogens (primary N) is 1. The fraction of sp³-hybridized carbons (Fsp3) is 0.636. The van der Waals surface area contributed by atoms with E-state index in [0.717, 1.165) is 0 Å². The number of piperidine rings is 1. The van der Waals surface area contributed by atoms with Crippen LogP contribution in [0.1, 0.15) is 18.9 Å². The Labute approximate surface area is 116 Å². The van der Waals surface area contributed by atoms with E-state index in [1.54, 1.807) is 19.0 Å². The van der Waals surface area contributed by atoms with Crippen LogP contribution in [-0.2, 0) is 0 Å². The van der Waals surface area contributed by atoms with Crippen molar-refractivity contribution in [3.63, 3.8) is 0 Å². The quantitative estimate of drug-likeness (QED) is 0.633. The molecule has 20 heavy (non-hydrogen) atoms. The molecule has 1 aliphatic rings. The largest absolute Gasteiger partial charge is 0.378 e. The van der Waals surface area contributed by atoms with Gasteiger partial charge in [-0.25, -0.2) is 9.48 Å². The predicted molar refractivity (Wildman–Crippen MR) is 72.2 cm³/mol. The van der Waals surface area contributed by atoms with Gasteiger partial charge in [-0.1, -0.05) is 0 Å². The van der Waals surface area contributed by atoms with Crippen LogP contribution in [0.15, 0.2) is 6.20 Å². The second-order valence-corrected chi connectivity index (χ2v) is 5.01. The monoisotopic (exact) mass is 282 g/mol. The maximum Gasteiger partial charge on any atom is 0.330 e. The van der Waals surface area contributed by atoms with Gasteiger partial charge in [-0.3, -0.25) is 10.1 Å². The van der Waals surface area contributed by atoms with Crippen molar-refractivity contribution in [3.8, 4) is 0 Å². The van der Waals surface area contributed by atoms with E-state index < -0.39 is 4.92 Å². The summed E-state index contributed by atoms with van der Waals surface area (Å²) in [4.78, 5) is 25.3. The molecule has 2 rings (SSSR count). The Balaban J connectivity index is 2.04. The number of anilines is 1. The third-order valence-electron chi connectivity index (χ3n) is 3.47. The zero-order valence-electron chi connectivity index (χ0n) is 11.5. The number of amides is 2. The average molecular weight is 282 g/mol. The van der Waals surface area contributed by atoms with Crippen molar-refractivity contribution < 1.29 is 9.72 Å². The van der Waals surface area contributed by atoms with Crippen LogP contribution in [0.25, 0.3) is 0 Å². The van der Waals surface area contributed by atoms with Crippen molar-refractivity contribution in [2.45, 2.75) is 18.9 Å². The van der Waals surface area contributed by atoms with E-state index in [1.807, 2.05) is 0 Å². The van der Waals surface area contributed by atoms with Gasteiger partial charge in [0.15, 0.2) is 0 Å². The van der Waals surface area contributed by atoms with Crippen molar-refractivity contribution >= 4 is 17.5 Å². The highest BCUT2D eigenvalue weighted by molar-refractivity contribution is 5.73. The Hall–Kier alpha value is -2.32. The fourth-order valence-corrected chi connectivity index (χ4v) is 2.38. The van der Waals surface area contributed by atoms with Crippen LogP contribution in [0.5, 0.6) is 0 Å². The van der Waals surface area contributed by atoms with E-state index in [2.05, 4.69) is 5.10 Å². The maximum atomic E-state index is 11.8. The van der Waals surface area contributed by atoms with E-state index in [0.29, 0.717) is 25.9 Å². The molecule has 0 aliphatic carbocycles. The Morgan fingerprint density at radius 2 is 2.10 bits per heavy atom. The molecule has 9 nitrogen and oxygen atoms in total. The predicted octanol–water partition coefficient (Wildman–Crippen LogP) is 0.692. The van der Waals surface area contributed by atoms with Crippen LogP contribution in [0.4, 0.5) is 16.3 Å². The summed E-state index contributed by atoms with van der Waals surface area (Å²) in [5, 5.41) is 14.7. The number of urea groups is 1. The van der Waals surface area contributed by atoms with Crippen LogP contribution >= 0.6 is 0 Å². The molecule has 1 saturated heterocycles. The molecular formula is C11H18N6O3. The van der Waals surface area contributed by atoms with Crippen LogP contribution in [0.3, 0.4) is 0 Å². The smallest absolute Gasteiger partial charge is 0.330 e. The van der Waals surface area contributed by atoms with E-state index in [-0.39, 0.29) is 23.6 Å². The molecule has 0 spiro atoms. The summed E-state index contributed by atoms with van der Waals surface area (Å²) >= 11 is 0. The van der Waals surface area contributed by atoms with Crippen molar-refractivity contribution in [2.75, 3.05) is 32.9 Å². The van der Waals surface area contributed by atoms with Gasteiger partial charge in [-0.2, -0.15) is 5.10 Å². The lowest BCUT2D eigenvalue weighted by Gasteiger charge is -2.33. The molecule has 0 atom stereocenters. The summed E-state index contributed by atoms with van der Waals surface area (Å²) in [6.45, 7) is 1.18. The lowest BCUT2D eigenvalue weighted by atomic mass is 10.1. The number of nitrogens with zero attached hydrogens (tertiary/aromatic N) is 5. The minimum absolute atomic E-state index is 0.00471. The Morgan fingerprint density at radius 1 is 1.50 bits per heavy atom. The third kappa shape index (κ3) is 2.51. The van der Waals surface area contributed by atoms with E-state index in [4.69, 9.17) is 5.73 Å². The minimum Gasteiger partial charge on any atom is -0.378 e. The van der Waals surface area contributed by atoms with Gasteiger partial charge in [-0.05, 0) is 12.8 Å². The molecule has 110 valence electrons. The van der Waals surface area contributed by atoms with Gasteiger partial charge in [0.05, 0.1) is 11.0 Å². The number of hydrogen-bond acceptors (Lipinski definition) is 5. The number of hydrogen-bond donors (Lipinski definition) is 1. The first kappa shape index (κ1) is 14.1. The van der Waals surface area contributed by atoms with Gasteiger partial charge in [0.25, 0.3) is 0 Å². The first-order chi connectivity index (χ1) is 9.41. The molecule has 0 bridgehead atoms. The lowest BCUT2D eigenvalue weighted by Crippen LogP contribution is -2.44. The highest BCUT2D eigenvalue weighted by Gasteiger charge is 2.28. The molecule has 0 aromatic carbocycles. The summed E-state index contributed by atoms with van der Waals surface area (Å²) in [6, 6.07) is -0.0298. The van der Waals surface area contributed by atoms with Crippen molar-refractivity contribution in [1.82, 2.24) is 19.6 Å². The molecule has 2 N–H and O–H groups in total. The molecule has 0 saturated carbocycles. The Morgan fingerprint density at radius 3 is 2.55 bits per heavy atom. The van der Waals surface area contributed by atoms with E-state index in [9.17, 15) is 14.9 Å². The third-order valence-corrected chi connectivity index (χ3v) is 3.47. The van der Waals surface area contributed by atoms with Crippen molar-refractivity contribution in [3.05, 3.63) is 16.3 Å². The molecule has 2 amide bonds. The summed E-state index contributed by atoms with van der Waals surface area (Å²) in [6.07, 6.45) is 2.54. The minimum atomic E-state index is -0.538. The standard InChI is InChI=1S/C11H18N6O3/c1-14(2)11(18)15-5-3-8(4-6-15)16-10(12)9(7-13-16)17(19)20/h7-8H,3-6,12H2,1-2H3. The number of likely N-dealkylation sites (tertiary alicyclic amines) is 1. The van der Waals surface area contributed by atoms with Crippen molar-refractivity contribution in [1.29, 1.82) is 0 Å². The van der Waals surface area contributed by atoms with Gasteiger partial charge in [0, 0.05) is 27.2 Å². The number of aromatic nitrogens is 2. The number of nitro groups is 1. The molecule has 9 heteroatoms. The Kier molecular flexibility index (Phi) is 3.77. The number of rotatable bonds is 2. The molecule has 1 aliphatic heterocycles. The number of carbonyl (C=O) groups excluding carboxylic acids is 1. The van der Waals surface area contributed by atoms with Gasteiger partial charge >= 0.3 is 11.7 Å². The second kappa shape index (κ2) is 5.35. The molecule has 0 radical (unpaired) electrons. The molecule has 1 aromatic rings. The van der Waals surface area contributed by atoms with Gasteiger partial charge < -0.3 is 15.5 Å². The van der Waals surface area contributed by atoms with Gasteiger partial charge in [-0.15, -0.1) is 0 Å². The lowest BCUT2D eigenvalue weighted by molar-refractivity contribution is -0.384. The summed E-state index contributed by atoms with van der Waals surface area (Å²) in [5.41, 5.74) is 5.58. The molecule has 0 unspecified atom stereocenters. The number of nitrogen functional groups attached to an aromatic ring is 1. The molecule has 1 aromatic heterocycles. The Bertz CT molecular complexity index is 518. The first-order valence-corrected chi connectivity index (χ1v) is 6.35. The second-order valence-electron chi connectivity index (χ2n) is 5.01. The van der Waals surface area contributed by atoms with E-state index >= 15 is 0 Å². The topological polar surface area (TPSA) is 111 Å². The van der Waals surface area contributed by atoms with Crippen LogP contribution in [-0.4, -0.2) is 57.7 Å². The summed E-state index contributed by atoms with van der Waals surface area (Å²) in [7, 11) is 3.42. The van der Waals surface area contributed by atoms with Crippen LogP contribution in [0, 0.1) is 10.1 Å². The fourth-order valence-electron chi connectivity index (χ4n) is 2.38. The summed E-state index contributed by atoms with van der Waals surface area (Å²) < 4.78 is 1.50. The molecule has 2 heterocycles. The zero-order valence-corrected chi connectivity index (χ0v) is 11.5. The highest BCUT2D eigenvalue weighted by atomic mass is 16.6. The highest BCUT2D eigenvalue weighted by Crippen LogP contribution is 2.29. The molecule has 1 fully saturated rings. The van der Waals surface area contributed by atoms with Crippen LogP contribution < -0.4 is 5.73 Å². The van der Waals surface area contributed by atoms with Crippen LogP contribution in [0.2, 0.25) is 0 Å². The first-order valence-electron chi connectivity index (χ1n) is 6.35.